The number of thioether (sulfide) groups is 1. The molecule has 3 atom stereocenters. The summed E-state index contributed by atoms with van der Waals surface area (Å²) in [6.45, 7) is -0.396. The molecule has 0 bridgehead atoms. The molecule has 2 amide bonds. The van der Waals surface area contributed by atoms with Gasteiger partial charge in [0.25, 0.3) is 5.69 Å². The number of aliphatic hydroxyl groups is 1. The van der Waals surface area contributed by atoms with Gasteiger partial charge in [0.2, 0.25) is 11.8 Å². The van der Waals surface area contributed by atoms with Gasteiger partial charge >= 0.3 is 5.97 Å². The van der Waals surface area contributed by atoms with E-state index in [0.717, 1.165) is 5.56 Å². The number of ether oxygens (including phenoxy) is 1. The van der Waals surface area contributed by atoms with Crippen LogP contribution >= 0.6 is 11.8 Å². The molecule has 2 fully saturated rings. The molecule has 2 aliphatic rings. The predicted molar refractivity (Wildman–Crippen MR) is 118 cm³/mol. The molecule has 2 saturated heterocycles. The van der Waals surface area contributed by atoms with Gasteiger partial charge in [-0.25, -0.2) is 4.79 Å². The summed E-state index contributed by atoms with van der Waals surface area (Å²) >= 11 is 1.20. The highest BCUT2D eigenvalue weighted by molar-refractivity contribution is 8.00. The monoisotopic (exact) mass is 471 g/mol. The van der Waals surface area contributed by atoms with Crippen LogP contribution in [0.3, 0.4) is 0 Å². The molecule has 2 unspecified atom stereocenters. The Hall–Kier alpha value is -3.44. The fourth-order valence-electron chi connectivity index (χ4n) is 3.69. The van der Waals surface area contributed by atoms with Crippen LogP contribution in [0.15, 0.2) is 54.6 Å². The van der Waals surface area contributed by atoms with E-state index < -0.39 is 22.5 Å². The van der Waals surface area contributed by atoms with Crippen LogP contribution in [0.5, 0.6) is 0 Å². The smallest absolute Gasteiger partial charge is 0.341 e. The lowest BCUT2D eigenvalue weighted by atomic mass is 9.99. The Balaban J connectivity index is 1.29. The highest BCUT2D eigenvalue weighted by Crippen LogP contribution is 2.38. The van der Waals surface area contributed by atoms with Crippen LogP contribution in [0.1, 0.15) is 11.1 Å². The van der Waals surface area contributed by atoms with E-state index in [2.05, 4.69) is 5.32 Å². The molecule has 33 heavy (non-hydrogen) atoms. The SMILES string of the molecule is O=C(Cc1ccccc1)NC1C(=O)N2CC(O)(C(=O)OCc3ccc([N+](=O)[O-])cc3)CS[C@H]12. The zero-order valence-corrected chi connectivity index (χ0v) is 18.2. The van der Waals surface area contributed by atoms with Crippen molar-refractivity contribution in [1.82, 2.24) is 10.2 Å². The van der Waals surface area contributed by atoms with Gasteiger partial charge in [-0.05, 0) is 23.3 Å². The quantitative estimate of drug-likeness (QED) is 0.264. The third kappa shape index (κ3) is 4.83. The van der Waals surface area contributed by atoms with Crippen molar-refractivity contribution in [3.05, 3.63) is 75.8 Å². The molecular weight excluding hydrogens is 450 g/mol. The van der Waals surface area contributed by atoms with Gasteiger partial charge in [-0.15, -0.1) is 11.8 Å². The summed E-state index contributed by atoms with van der Waals surface area (Å²) in [5.41, 5.74) is -0.600. The molecule has 172 valence electrons. The number of nitrogens with one attached hydrogen (secondary N) is 1. The summed E-state index contributed by atoms with van der Waals surface area (Å²) < 4.78 is 5.19. The molecule has 0 saturated carbocycles. The Morgan fingerprint density at radius 1 is 1.18 bits per heavy atom. The Bertz CT molecular complexity index is 1080. The van der Waals surface area contributed by atoms with Gasteiger partial charge < -0.3 is 20.1 Å². The van der Waals surface area contributed by atoms with E-state index in [1.807, 2.05) is 30.3 Å². The number of benzene rings is 2. The number of amides is 2. The highest BCUT2D eigenvalue weighted by Gasteiger charge is 2.57. The minimum absolute atomic E-state index is 0.00555. The number of nitrogens with zero attached hydrogens (tertiary/aromatic N) is 2. The van der Waals surface area contributed by atoms with Crippen molar-refractivity contribution in [3.63, 3.8) is 0 Å². The number of β-lactam (4-membered cyclic amide) rings is 1. The summed E-state index contributed by atoms with van der Waals surface area (Å²) in [4.78, 5) is 48.9. The van der Waals surface area contributed by atoms with E-state index in [9.17, 15) is 29.6 Å². The number of non-ortho nitro benzene ring substituents is 1. The molecule has 10 nitrogen and oxygen atoms in total. The first-order valence-electron chi connectivity index (χ1n) is 10.2. The van der Waals surface area contributed by atoms with E-state index in [0.29, 0.717) is 5.56 Å². The van der Waals surface area contributed by atoms with Crippen molar-refractivity contribution in [2.24, 2.45) is 0 Å². The summed E-state index contributed by atoms with van der Waals surface area (Å²) in [5, 5.41) is 23.9. The second-order valence-electron chi connectivity index (χ2n) is 7.91. The Morgan fingerprint density at radius 3 is 2.55 bits per heavy atom. The Labute approximate surface area is 193 Å². The van der Waals surface area contributed by atoms with Gasteiger partial charge in [-0.2, -0.15) is 0 Å². The fraction of sp³-hybridized carbons (Fsp3) is 0.318. The zero-order chi connectivity index (χ0) is 23.6. The van der Waals surface area contributed by atoms with Gasteiger partial charge in [0, 0.05) is 17.9 Å². The lowest BCUT2D eigenvalue weighted by Crippen LogP contribution is -2.75. The molecule has 4 rings (SSSR count). The maximum atomic E-state index is 12.5. The van der Waals surface area contributed by atoms with Crippen LogP contribution in [0, 0.1) is 10.1 Å². The van der Waals surface area contributed by atoms with Gasteiger partial charge in [-0.3, -0.25) is 19.7 Å². The van der Waals surface area contributed by atoms with Crippen LogP contribution in [0.2, 0.25) is 0 Å². The number of hydrogen-bond acceptors (Lipinski definition) is 8. The molecule has 2 aromatic rings. The molecule has 0 aromatic heterocycles. The molecule has 2 aromatic carbocycles. The minimum atomic E-state index is -1.88. The van der Waals surface area contributed by atoms with Gasteiger partial charge in [-0.1, -0.05) is 30.3 Å². The number of rotatable bonds is 7. The molecule has 11 heteroatoms. The fourth-order valence-corrected chi connectivity index (χ4v) is 5.08. The van der Waals surface area contributed by atoms with E-state index in [1.54, 1.807) is 0 Å². The highest BCUT2D eigenvalue weighted by atomic mass is 32.2. The van der Waals surface area contributed by atoms with Gasteiger partial charge in [0.05, 0.1) is 17.9 Å². The first kappa shape index (κ1) is 22.7. The van der Waals surface area contributed by atoms with E-state index in [4.69, 9.17) is 4.74 Å². The number of nitro benzene ring substituents is 1. The predicted octanol–water partition coefficient (Wildman–Crippen LogP) is 1.01. The number of nitro groups is 1. The van der Waals surface area contributed by atoms with E-state index >= 15 is 0 Å². The van der Waals surface area contributed by atoms with Crippen LogP contribution in [-0.4, -0.2) is 62.0 Å². The van der Waals surface area contributed by atoms with E-state index in [1.165, 1.54) is 40.9 Å². The van der Waals surface area contributed by atoms with Crippen LogP contribution in [0.25, 0.3) is 0 Å². The molecule has 2 aliphatic heterocycles. The molecular formula is C22H21N3O7S. The molecule has 0 spiro atoms. The average Bonchev–Trinajstić information content (AvgIpc) is 2.82. The summed E-state index contributed by atoms with van der Waals surface area (Å²) in [6, 6.07) is 14.0. The number of carbonyl (C=O) groups is 3. The van der Waals surface area contributed by atoms with Crippen molar-refractivity contribution < 1.29 is 29.2 Å². The van der Waals surface area contributed by atoms with Crippen LogP contribution in [-0.2, 0) is 32.1 Å². The third-order valence-electron chi connectivity index (χ3n) is 5.49. The van der Waals surface area contributed by atoms with Crippen molar-refractivity contribution in [3.8, 4) is 0 Å². The zero-order valence-electron chi connectivity index (χ0n) is 17.4. The normalized spacial score (nSPS) is 23.8. The molecule has 2 heterocycles. The standard InChI is InChI=1S/C22H21N3O7S/c26-17(10-14-4-2-1-3-5-14)23-18-19(27)24-12-22(29,13-33-20(18)24)21(28)32-11-15-6-8-16(9-7-15)25(30)31/h1-9,18,20,29H,10-13H2,(H,23,26)/t18?,20-,22?/m1/s1. The van der Waals surface area contributed by atoms with Crippen LogP contribution < -0.4 is 5.32 Å². The summed E-state index contributed by atoms with van der Waals surface area (Å²) in [7, 11) is 0. The van der Waals surface area contributed by atoms with Crippen molar-refractivity contribution in [1.29, 1.82) is 0 Å². The number of hydrogen-bond donors (Lipinski definition) is 2. The minimum Gasteiger partial charge on any atom is -0.459 e. The second-order valence-corrected chi connectivity index (χ2v) is 9.01. The van der Waals surface area contributed by atoms with Crippen molar-refractivity contribution >= 4 is 35.2 Å². The number of esters is 1. The topological polar surface area (TPSA) is 139 Å². The largest absolute Gasteiger partial charge is 0.459 e. The molecule has 0 radical (unpaired) electrons. The maximum absolute atomic E-state index is 12.5. The number of carbonyl (C=O) groups excluding carboxylic acids is 3. The second kappa shape index (κ2) is 9.20. The van der Waals surface area contributed by atoms with Crippen molar-refractivity contribution in [2.45, 2.75) is 30.0 Å². The lowest BCUT2D eigenvalue weighted by Gasteiger charge is -2.52. The molecule has 2 N–H and O–H groups in total. The van der Waals surface area contributed by atoms with E-state index in [-0.39, 0.29) is 48.2 Å². The first-order valence-corrected chi connectivity index (χ1v) is 11.2. The first-order chi connectivity index (χ1) is 15.8. The average molecular weight is 471 g/mol. The number of fused-ring (bicyclic) bond motifs is 1. The van der Waals surface area contributed by atoms with Crippen LogP contribution in [0.4, 0.5) is 5.69 Å². The Morgan fingerprint density at radius 2 is 1.88 bits per heavy atom. The van der Waals surface area contributed by atoms with Crippen molar-refractivity contribution in [2.75, 3.05) is 12.3 Å². The van der Waals surface area contributed by atoms with Gasteiger partial charge in [0.15, 0.2) is 5.60 Å². The van der Waals surface area contributed by atoms with Gasteiger partial charge in [0.1, 0.15) is 18.0 Å². The Kier molecular flexibility index (Phi) is 6.34. The maximum Gasteiger partial charge on any atom is 0.341 e. The lowest BCUT2D eigenvalue weighted by molar-refractivity contribution is -0.384. The summed E-state index contributed by atoms with van der Waals surface area (Å²) in [6.07, 6.45) is 0.154. The molecule has 0 aliphatic carbocycles. The third-order valence-corrected chi connectivity index (χ3v) is 7.00. The summed E-state index contributed by atoms with van der Waals surface area (Å²) in [5.74, 6) is -1.51.